The molecule has 0 spiro atoms. The molecular formula is C11H15BClNO2. The highest BCUT2D eigenvalue weighted by molar-refractivity contribution is 6.63. The molecule has 86 valence electrons. The van der Waals surface area contributed by atoms with E-state index in [1.807, 2.05) is 25.1 Å². The van der Waals surface area contributed by atoms with Crippen LogP contribution < -0.4 is 11.2 Å². The van der Waals surface area contributed by atoms with Crippen LogP contribution in [0.3, 0.4) is 0 Å². The largest absolute Gasteiger partial charge is 0.494 e. The van der Waals surface area contributed by atoms with Crippen molar-refractivity contribution in [2.45, 2.75) is 26.0 Å². The van der Waals surface area contributed by atoms with Crippen molar-refractivity contribution in [3.05, 3.63) is 28.8 Å². The zero-order valence-electron chi connectivity index (χ0n) is 9.28. The van der Waals surface area contributed by atoms with Gasteiger partial charge >= 0.3 is 7.12 Å². The second-order valence-corrected chi connectivity index (χ2v) is 4.42. The predicted molar refractivity (Wildman–Crippen MR) is 65.8 cm³/mol. The van der Waals surface area contributed by atoms with Crippen molar-refractivity contribution >= 4 is 24.2 Å². The molecule has 0 aromatic heterocycles. The zero-order chi connectivity index (χ0) is 11.5. The summed E-state index contributed by atoms with van der Waals surface area (Å²) in [5.41, 5.74) is 7.96. The summed E-state index contributed by atoms with van der Waals surface area (Å²) in [6.45, 7) is 3.11. The van der Waals surface area contributed by atoms with E-state index >= 15 is 0 Å². The number of fused-ring (bicyclic) bond motifs is 1. The molecule has 0 saturated carbocycles. The van der Waals surface area contributed by atoms with E-state index in [1.165, 1.54) is 0 Å². The van der Waals surface area contributed by atoms with Crippen molar-refractivity contribution in [1.29, 1.82) is 0 Å². The highest BCUT2D eigenvalue weighted by Crippen LogP contribution is 2.16. The van der Waals surface area contributed by atoms with Crippen LogP contribution in [-0.4, -0.2) is 19.8 Å². The Bertz CT molecular complexity index is 375. The summed E-state index contributed by atoms with van der Waals surface area (Å²) in [6, 6.07) is 5.79. The Morgan fingerprint density at radius 1 is 1.62 bits per heavy atom. The highest BCUT2D eigenvalue weighted by Gasteiger charge is 2.30. The zero-order valence-corrected chi connectivity index (χ0v) is 10.0. The van der Waals surface area contributed by atoms with Gasteiger partial charge in [-0.25, -0.2) is 0 Å². The minimum atomic E-state index is -0.287. The highest BCUT2D eigenvalue weighted by atomic mass is 35.5. The van der Waals surface area contributed by atoms with Gasteiger partial charge in [-0.05, 0) is 29.6 Å². The maximum absolute atomic E-state index is 5.90. The van der Waals surface area contributed by atoms with Crippen LogP contribution in [0.2, 0.25) is 5.02 Å². The molecule has 16 heavy (non-hydrogen) atoms. The lowest BCUT2D eigenvalue weighted by Gasteiger charge is -2.12. The third-order valence-corrected chi connectivity index (χ3v) is 2.97. The van der Waals surface area contributed by atoms with Gasteiger partial charge in [0.05, 0.1) is 6.61 Å². The molecule has 0 aliphatic carbocycles. The third-order valence-electron chi connectivity index (χ3n) is 2.74. The van der Waals surface area contributed by atoms with Crippen LogP contribution in [-0.2, 0) is 15.9 Å². The summed E-state index contributed by atoms with van der Waals surface area (Å²) in [5, 5.41) is 0.730. The van der Waals surface area contributed by atoms with Crippen molar-refractivity contribution in [3.63, 3.8) is 0 Å². The number of rotatable bonds is 4. The SMILES string of the molecule is CCC(N)COB1OCc2cc(Cl)ccc21. The van der Waals surface area contributed by atoms with Gasteiger partial charge in [0, 0.05) is 17.7 Å². The summed E-state index contributed by atoms with van der Waals surface area (Å²) in [6.07, 6.45) is 0.903. The number of benzene rings is 1. The molecule has 3 nitrogen and oxygen atoms in total. The van der Waals surface area contributed by atoms with Crippen molar-refractivity contribution in [1.82, 2.24) is 0 Å². The second-order valence-electron chi connectivity index (χ2n) is 3.99. The van der Waals surface area contributed by atoms with Crippen LogP contribution in [0.25, 0.3) is 0 Å². The van der Waals surface area contributed by atoms with E-state index in [1.54, 1.807) is 0 Å². The first-order chi connectivity index (χ1) is 7.70. The summed E-state index contributed by atoms with van der Waals surface area (Å²) in [5.74, 6) is 0. The van der Waals surface area contributed by atoms with Gasteiger partial charge < -0.3 is 15.0 Å². The van der Waals surface area contributed by atoms with Crippen molar-refractivity contribution in [2.24, 2.45) is 5.73 Å². The minimum Gasteiger partial charge on any atom is -0.406 e. The summed E-state index contributed by atoms with van der Waals surface area (Å²) < 4.78 is 11.2. The number of halogens is 1. The van der Waals surface area contributed by atoms with Gasteiger partial charge in [-0.15, -0.1) is 0 Å². The number of nitrogens with two attached hydrogens (primary N) is 1. The van der Waals surface area contributed by atoms with Gasteiger partial charge in [-0.3, -0.25) is 0 Å². The van der Waals surface area contributed by atoms with Gasteiger partial charge in [0.2, 0.25) is 0 Å². The Morgan fingerprint density at radius 2 is 2.44 bits per heavy atom. The number of hydrogen-bond donors (Lipinski definition) is 1. The molecular weight excluding hydrogens is 224 g/mol. The molecule has 0 saturated heterocycles. The Balaban J connectivity index is 2.01. The fourth-order valence-corrected chi connectivity index (χ4v) is 1.85. The molecule has 1 aliphatic heterocycles. The predicted octanol–water partition coefficient (Wildman–Crippen LogP) is 1.32. The van der Waals surface area contributed by atoms with E-state index in [-0.39, 0.29) is 13.2 Å². The van der Waals surface area contributed by atoms with Crippen LogP contribution >= 0.6 is 11.6 Å². The first-order valence-electron chi connectivity index (χ1n) is 5.47. The fourth-order valence-electron chi connectivity index (χ4n) is 1.65. The summed E-state index contributed by atoms with van der Waals surface area (Å²) in [4.78, 5) is 0. The van der Waals surface area contributed by atoms with E-state index in [0.29, 0.717) is 13.2 Å². The average molecular weight is 240 g/mol. The number of hydrogen-bond acceptors (Lipinski definition) is 3. The minimum absolute atomic E-state index is 0.0694. The van der Waals surface area contributed by atoms with Crippen molar-refractivity contribution < 1.29 is 9.31 Å². The lowest BCUT2D eigenvalue weighted by Crippen LogP contribution is -2.37. The Labute approximate surface area is 101 Å². The normalized spacial score (nSPS) is 16.3. The Hall–Kier alpha value is -0.545. The summed E-state index contributed by atoms with van der Waals surface area (Å²) >= 11 is 5.90. The molecule has 1 aromatic carbocycles. The van der Waals surface area contributed by atoms with Gasteiger partial charge in [0.25, 0.3) is 0 Å². The molecule has 1 aliphatic rings. The van der Waals surface area contributed by atoms with Crippen LogP contribution in [0, 0.1) is 0 Å². The van der Waals surface area contributed by atoms with Gasteiger partial charge in [-0.1, -0.05) is 24.6 Å². The Morgan fingerprint density at radius 3 is 3.19 bits per heavy atom. The molecule has 5 heteroatoms. The monoisotopic (exact) mass is 239 g/mol. The molecule has 0 fully saturated rings. The van der Waals surface area contributed by atoms with Crippen LogP contribution in [0.4, 0.5) is 0 Å². The molecule has 1 unspecified atom stereocenters. The maximum atomic E-state index is 5.90. The van der Waals surface area contributed by atoms with Gasteiger partial charge in [-0.2, -0.15) is 0 Å². The maximum Gasteiger partial charge on any atom is 0.494 e. The average Bonchev–Trinajstić information content (AvgIpc) is 2.68. The van der Waals surface area contributed by atoms with Crippen LogP contribution in [0.1, 0.15) is 18.9 Å². The van der Waals surface area contributed by atoms with Gasteiger partial charge in [0.1, 0.15) is 0 Å². The van der Waals surface area contributed by atoms with Crippen LogP contribution in [0.15, 0.2) is 18.2 Å². The molecule has 2 N–H and O–H groups in total. The third kappa shape index (κ3) is 2.58. The van der Waals surface area contributed by atoms with Crippen molar-refractivity contribution in [2.75, 3.05) is 6.61 Å². The second kappa shape index (κ2) is 5.19. The molecule has 0 amide bonds. The Kier molecular flexibility index (Phi) is 3.87. The van der Waals surface area contributed by atoms with Crippen molar-refractivity contribution in [3.8, 4) is 0 Å². The van der Waals surface area contributed by atoms with E-state index < -0.39 is 0 Å². The first-order valence-corrected chi connectivity index (χ1v) is 5.85. The molecule has 1 heterocycles. The molecule has 0 radical (unpaired) electrons. The summed E-state index contributed by atoms with van der Waals surface area (Å²) in [7, 11) is -0.287. The smallest absolute Gasteiger partial charge is 0.406 e. The topological polar surface area (TPSA) is 44.5 Å². The quantitative estimate of drug-likeness (QED) is 0.806. The van der Waals surface area contributed by atoms with E-state index in [0.717, 1.165) is 22.5 Å². The van der Waals surface area contributed by atoms with E-state index in [2.05, 4.69) is 0 Å². The van der Waals surface area contributed by atoms with E-state index in [4.69, 9.17) is 26.6 Å². The molecule has 1 aromatic rings. The van der Waals surface area contributed by atoms with Gasteiger partial charge in [0.15, 0.2) is 0 Å². The molecule has 0 bridgehead atoms. The molecule has 2 rings (SSSR count). The van der Waals surface area contributed by atoms with E-state index in [9.17, 15) is 0 Å². The molecule has 1 atom stereocenters. The lowest BCUT2D eigenvalue weighted by atomic mass is 9.79. The lowest BCUT2D eigenvalue weighted by molar-refractivity contribution is 0.199. The first kappa shape index (κ1) is 11.9. The standard InChI is InChI=1S/C11H15BClNO2/c1-2-10(14)7-16-12-11-4-3-9(13)5-8(11)6-15-12/h3-5,10H,2,6-7,14H2,1H3. The van der Waals surface area contributed by atoms with Crippen LogP contribution in [0.5, 0.6) is 0 Å². The fraction of sp³-hybridized carbons (Fsp3) is 0.455.